The van der Waals surface area contributed by atoms with Crippen molar-refractivity contribution in [2.24, 2.45) is 17.1 Å². The zero-order valence-electron chi connectivity index (χ0n) is 18.3. The maximum atomic E-state index is 13.2. The van der Waals surface area contributed by atoms with Gasteiger partial charge in [-0.1, -0.05) is 0 Å². The number of ether oxygens (including phenoxy) is 1. The van der Waals surface area contributed by atoms with Crippen LogP contribution in [0.5, 0.6) is 0 Å². The van der Waals surface area contributed by atoms with Gasteiger partial charge in [0.25, 0.3) is 5.91 Å². The monoisotopic (exact) mass is 453 g/mol. The van der Waals surface area contributed by atoms with Crippen LogP contribution in [0.4, 0.5) is 20.7 Å². The van der Waals surface area contributed by atoms with E-state index in [1.165, 1.54) is 40.0 Å². The number of nitrogens with two attached hydrogens (primary N) is 1. The van der Waals surface area contributed by atoms with Crippen LogP contribution < -0.4 is 11.1 Å². The third kappa shape index (κ3) is 5.57. The lowest BCUT2D eigenvalue weighted by Gasteiger charge is -2.35. The van der Waals surface area contributed by atoms with Crippen LogP contribution >= 0.6 is 0 Å². The van der Waals surface area contributed by atoms with Crippen molar-refractivity contribution in [3.63, 3.8) is 0 Å². The summed E-state index contributed by atoms with van der Waals surface area (Å²) in [5, 5.41) is 26.1. The third-order valence-electron chi connectivity index (χ3n) is 5.31. The maximum absolute atomic E-state index is 13.2. The van der Waals surface area contributed by atoms with Gasteiger partial charge in [-0.3, -0.25) is 9.48 Å². The van der Waals surface area contributed by atoms with Crippen molar-refractivity contribution in [1.82, 2.24) is 14.7 Å². The number of halogens is 1. The number of carbonyl (C=O) groups is 2. The number of hydrogen-bond acceptors (Lipinski definition) is 7. The van der Waals surface area contributed by atoms with E-state index in [1.54, 1.807) is 13.8 Å². The molecule has 0 radical (unpaired) electrons. The molecule has 172 valence electrons. The molecule has 0 spiro atoms. The van der Waals surface area contributed by atoms with Crippen LogP contribution in [-0.2, 0) is 4.74 Å². The van der Waals surface area contributed by atoms with Gasteiger partial charge in [-0.05, 0) is 44.5 Å². The number of piperidine rings is 1. The summed E-state index contributed by atoms with van der Waals surface area (Å²) in [5.74, 6) is -1.46. The summed E-state index contributed by atoms with van der Waals surface area (Å²) in [6.07, 6.45) is 1.22. The normalized spacial score (nSPS) is 18.2. The molecule has 2 atom stereocenters. The minimum absolute atomic E-state index is 0.0650. The van der Waals surface area contributed by atoms with Gasteiger partial charge < -0.3 is 20.7 Å². The highest BCUT2D eigenvalue weighted by molar-refractivity contribution is 5.98. The minimum Gasteiger partial charge on any atom is -0.448 e. The third-order valence-corrected chi connectivity index (χ3v) is 5.31. The van der Waals surface area contributed by atoms with E-state index in [1.807, 2.05) is 0 Å². The fourth-order valence-electron chi connectivity index (χ4n) is 3.39. The Morgan fingerprint density at radius 2 is 2.03 bits per heavy atom. The van der Waals surface area contributed by atoms with Crippen molar-refractivity contribution in [2.75, 3.05) is 25.0 Å². The van der Waals surface area contributed by atoms with Crippen molar-refractivity contribution in [3.05, 3.63) is 41.8 Å². The largest absolute Gasteiger partial charge is 0.448 e. The van der Waals surface area contributed by atoms with E-state index in [9.17, 15) is 19.2 Å². The Morgan fingerprint density at radius 1 is 1.33 bits per heavy atom. The van der Waals surface area contributed by atoms with Gasteiger partial charge in [0.15, 0.2) is 5.82 Å². The van der Waals surface area contributed by atoms with Crippen molar-refractivity contribution in [3.8, 4) is 12.1 Å². The second-order valence-electron chi connectivity index (χ2n) is 8.46. The molecular weight excluding hydrogens is 429 g/mol. The van der Waals surface area contributed by atoms with E-state index < -0.39 is 35.2 Å². The van der Waals surface area contributed by atoms with E-state index in [0.29, 0.717) is 18.7 Å². The fourth-order valence-corrected chi connectivity index (χ4v) is 3.39. The Bertz CT molecular complexity index is 1110. The van der Waals surface area contributed by atoms with Crippen molar-refractivity contribution in [1.29, 1.82) is 10.5 Å². The van der Waals surface area contributed by atoms with Gasteiger partial charge in [-0.15, -0.1) is 0 Å². The summed E-state index contributed by atoms with van der Waals surface area (Å²) in [6.45, 7) is 3.70. The van der Waals surface area contributed by atoms with Gasteiger partial charge in [-0.25, -0.2) is 9.18 Å². The number of aromatic nitrogens is 2. The zero-order chi connectivity index (χ0) is 24.2. The number of hydrogen-bond donors (Lipinski definition) is 2. The van der Waals surface area contributed by atoms with E-state index >= 15 is 0 Å². The molecule has 3 rings (SSSR count). The molecule has 1 aliphatic heterocycles. The zero-order valence-corrected chi connectivity index (χ0v) is 18.3. The number of likely N-dealkylation sites (tertiary alicyclic amines) is 1. The van der Waals surface area contributed by atoms with Crippen LogP contribution in [0.15, 0.2) is 30.5 Å². The molecular formula is C22H24FN7O3. The van der Waals surface area contributed by atoms with Crippen molar-refractivity contribution >= 4 is 23.5 Å². The number of benzene rings is 1. The van der Waals surface area contributed by atoms with Gasteiger partial charge in [0.2, 0.25) is 0 Å². The van der Waals surface area contributed by atoms with Crippen molar-refractivity contribution in [2.45, 2.75) is 26.3 Å². The molecule has 0 aliphatic carbocycles. The average molecular weight is 453 g/mol. The number of anilines is 2. The summed E-state index contributed by atoms with van der Waals surface area (Å²) >= 11 is 0. The van der Waals surface area contributed by atoms with Crippen molar-refractivity contribution < 1.29 is 18.7 Å². The van der Waals surface area contributed by atoms with E-state index in [-0.39, 0.29) is 24.5 Å². The van der Waals surface area contributed by atoms with Gasteiger partial charge in [0.1, 0.15) is 18.0 Å². The fraction of sp³-hybridized carbons (Fsp3) is 0.409. The van der Waals surface area contributed by atoms with Crippen LogP contribution in [0.25, 0.3) is 0 Å². The lowest BCUT2D eigenvalue weighted by Crippen LogP contribution is -2.45. The predicted octanol–water partition coefficient (Wildman–Crippen LogP) is 2.94. The SMILES string of the molecule is CC(C)(C#N)COC(=O)N1CC[C@@H](C#N)C(n2cc(C(N)=O)c(Nc3ccc(F)cc3)n2)C1. The number of rotatable bonds is 6. The first-order chi connectivity index (χ1) is 15.6. The molecule has 0 bridgehead atoms. The Kier molecular flexibility index (Phi) is 6.83. The number of nitrogens with one attached hydrogen (secondary N) is 1. The Labute approximate surface area is 190 Å². The molecule has 11 heteroatoms. The molecule has 1 saturated heterocycles. The highest BCUT2D eigenvalue weighted by Crippen LogP contribution is 2.30. The molecule has 33 heavy (non-hydrogen) atoms. The smallest absolute Gasteiger partial charge is 0.409 e. The summed E-state index contributed by atoms with van der Waals surface area (Å²) in [4.78, 5) is 26.0. The standard InChI is InChI=1S/C22H24FN7O3/c1-22(2,12-25)13-33-21(32)29-8-7-14(9-24)18(11-29)30-10-17(19(26)31)20(28-30)27-16-5-3-15(23)4-6-16/h3-6,10,14,18H,7-8,11,13H2,1-2H3,(H2,26,31)(H,27,28)/t14-,18?/m0/s1. The topological polar surface area (TPSA) is 150 Å². The second kappa shape index (κ2) is 9.57. The molecule has 0 saturated carbocycles. The number of nitriles is 2. The maximum Gasteiger partial charge on any atom is 0.409 e. The highest BCUT2D eigenvalue weighted by Gasteiger charge is 2.35. The highest BCUT2D eigenvalue weighted by atomic mass is 19.1. The van der Waals surface area contributed by atoms with Gasteiger partial charge in [0, 0.05) is 25.0 Å². The summed E-state index contributed by atoms with van der Waals surface area (Å²) in [6, 6.07) is 9.23. The van der Waals surface area contributed by atoms with Gasteiger partial charge in [-0.2, -0.15) is 15.6 Å². The quantitative estimate of drug-likeness (QED) is 0.682. The molecule has 1 aromatic heterocycles. The van der Waals surface area contributed by atoms with E-state index in [4.69, 9.17) is 15.7 Å². The summed E-state index contributed by atoms with van der Waals surface area (Å²) < 4.78 is 19.9. The van der Waals surface area contributed by atoms with Gasteiger partial charge >= 0.3 is 6.09 Å². The van der Waals surface area contributed by atoms with Crippen LogP contribution in [-0.4, -0.2) is 46.4 Å². The molecule has 1 aliphatic rings. The lowest BCUT2D eigenvalue weighted by atomic mass is 9.93. The molecule has 3 N–H and O–H groups in total. The van der Waals surface area contributed by atoms with E-state index in [2.05, 4.69) is 22.6 Å². The van der Waals surface area contributed by atoms with E-state index in [0.717, 1.165) is 0 Å². The number of primary amides is 1. The van der Waals surface area contributed by atoms with Gasteiger partial charge in [0.05, 0.1) is 29.5 Å². The molecule has 1 aromatic carbocycles. The first-order valence-electron chi connectivity index (χ1n) is 10.3. The number of nitrogens with zero attached hydrogens (tertiary/aromatic N) is 5. The Balaban J connectivity index is 1.82. The summed E-state index contributed by atoms with van der Waals surface area (Å²) in [5.41, 5.74) is 5.27. The Morgan fingerprint density at radius 3 is 2.64 bits per heavy atom. The lowest BCUT2D eigenvalue weighted by molar-refractivity contribution is 0.0604. The minimum atomic E-state index is -0.820. The van der Waals surface area contributed by atoms with Crippen LogP contribution in [0.3, 0.4) is 0 Å². The van der Waals surface area contributed by atoms with Crippen LogP contribution in [0.2, 0.25) is 0 Å². The molecule has 2 amide bonds. The number of amides is 2. The average Bonchev–Trinajstić information content (AvgIpc) is 3.22. The van der Waals surface area contributed by atoms with Crippen LogP contribution in [0.1, 0.15) is 36.7 Å². The number of carbonyl (C=O) groups excluding carboxylic acids is 2. The van der Waals surface area contributed by atoms with Crippen LogP contribution in [0, 0.1) is 39.8 Å². The molecule has 1 fully saturated rings. The predicted molar refractivity (Wildman–Crippen MR) is 115 cm³/mol. The summed E-state index contributed by atoms with van der Waals surface area (Å²) in [7, 11) is 0. The second-order valence-corrected chi connectivity index (χ2v) is 8.46. The first kappa shape index (κ1) is 23.5. The first-order valence-corrected chi connectivity index (χ1v) is 10.3. The Hall–Kier alpha value is -4.12. The molecule has 10 nitrogen and oxygen atoms in total. The molecule has 2 aromatic rings. The molecule has 2 heterocycles. The molecule has 1 unspecified atom stereocenters.